The van der Waals surface area contributed by atoms with Gasteiger partial charge in [0.15, 0.2) is 0 Å². The molecule has 0 aromatic heterocycles. The van der Waals surface area contributed by atoms with Crippen LogP contribution in [-0.4, -0.2) is 58.3 Å². The summed E-state index contributed by atoms with van der Waals surface area (Å²) in [6, 6.07) is 6.94. The molecule has 1 atom stereocenters. The molecule has 2 fully saturated rings. The van der Waals surface area contributed by atoms with E-state index in [9.17, 15) is 8.42 Å². The van der Waals surface area contributed by atoms with Gasteiger partial charge in [0.25, 0.3) is 0 Å². The molecule has 0 spiro atoms. The fourth-order valence-corrected chi connectivity index (χ4v) is 4.92. The lowest BCUT2D eigenvalue weighted by atomic mass is 10.0. The van der Waals surface area contributed by atoms with Crippen LogP contribution in [0.5, 0.6) is 5.75 Å². The minimum atomic E-state index is -3.54. The first-order chi connectivity index (χ1) is 13.0. The lowest BCUT2D eigenvalue weighted by Gasteiger charge is -2.36. The van der Waals surface area contributed by atoms with Crippen LogP contribution in [0.2, 0.25) is 0 Å². The molecule has 1 aliphatic heterocycles. The molecule has 7 heteroatoms. The third-order valence-electron chi connectivity index (χ3n) is 5.51. The van der Waals surface area contributed by atoms with Crippen LogP contribution in [0.4, 0.5) is 0 Å². The average Bonchev–Trinajstić information content (AvgIpc) is 3.16. The Hall–Kier alpha value is -1.15. The Morgan fingerprint density at radius 1 is 1.15 bits per heavy atom. The van der Waals surface area contributed by atoms with Gasteiger partial charge in [-0.2, -0.15) is 0 Å². The van der Waals surface area contributed by atoms with E-state index >= 15 is 0 Å². The summed E-state index contributed by atoms with van der Waals surface area (Å²) in [6.45, 7) is 7.76. The zero-order valence-corrected chi connectivity index (χ0v) is 17.2. The first-order valence-electron chi connectivity index (χ1n) is 10.0. The minimum Gasteiger partial charge on any atom is -0.490 e. The number of sulfonamides is 1. The Bertz CT molecular complexity index is 678. The Labute approximate surface area is 163 Å². The smallest absolute Gasteiger partial charge is 0.240 e. The van der Waals surface area contributed by atoms with Crippen molar-refractivity contribution in [2.24, 2.45) is 5.92 Å². The minimum absolute atomic E-state index is 0.161. The number of hydrogen-bond acceptors (Lipinski definition) is 5. The van der Waals surface area contributed by atoms with Crippen molar-refractivity contribution in [3.05, 3.63) is 24.3 Å². The van der Waals surface area contributed by atoms with Crippen LogP contribution in [0.25, 0.3) is 0 Å². The van der Waals surface area contributed by atoms with Crippen LogP contribution in [0.1, 0.15) is 39.5 Å². The van der Waals surface area contributed by atoms with Crippen molar-refractivity contribution in [1.82, 2.24) is 9.62 Å². The van der Waals surface area contributed by atoms with Crippen LogP contribution in [0.15, 0.2) is 29.2 Å². The van der Waals surface area contributed by atoms with Crippen molar-refractivity contribution < 1.29 is 17.9 Å². The van der Waals surface area contributed by atoms with E-state index in [4.69, 9.17) is 9.47 Å². The van der Waals surface area contributed by atoms with Gasteiger partial charge in [0.1, 0.15) is 5.75 Å². The third-order valence-corrected chi connectivity index (χ3v) is 6.95. The average molecular weight is 397 g/mol. The number of nitrogens with one attached hydrogen (secondary N) is 1. The van der Waals surface area contributed by atoms with Crippen molar-refractivity contribution >= 4 is 10.0 Å². The Kier molecular flexibility index (Phi) is 7.14. The molecule has 1 saturated carbocycles. The molecule has 1 aromatic carbocycles. The van der Waals surface area contributed by atoms with Crippen molar-refractivity contribution in [2.75, 3.05) is 32.8 Å². The second-order valence-electron chi connectivity index (χ2n) is 7.81. The quantitative estimate of drug-likeness (QED) is 0.732. The molecule has 1 unspecified atom stereocenters. The molecule has 3 rings (SSSR count). The number of rotatable bonds is 8. The number of ether oxygens (including phenoxy) is 2. The highest BCUT2D eigenvalue weighted by Crippen LogP contribution is 2.25. The summed E-state index contributed by atoms with van der Waals surface area (Å²) in [5, 5.41) is 0. The number of morpholine rings is 1. The maximum Gasteiger partial charge on any atom is 0.240 e. The van der Waals surface area contributed by atoms with Crippen molar-refractivity contribution in [3.8, 4) is 5.75 Å². The van der Waals surface area contributed by atoms with Gasteiger partial charge in [-0.15, -0.1) is 0 Å². The summed E-state index contributed by atoms with van der Waals surface area (Å²) < 4.78 is 39.5. The highest BCUT2D eigenvalue weighted by molar-refractivity contribution is 7.89. The van der Waals surface area contributed by atoms with Crippen LogP contribution >= 0.6 is 0 Å². The highest BCUT2D eigenvalue weighted by Gasteiger charge is 2.26. The molecular weight excluding hydrogens is 364 g/mol. The first-order valence-corrected chi connectivity index (χ1v) is 11.5. The molecule has 1 heterocycles. The van der Waals surface area contributed by atoms with Gasteiger partial charge in [-0.25, -0.2) is 13.1 Å². The van der Waals surface area contributed by atoms with Crippen LogP contribution in [0, 0.1) is 5.92 Å². The highest BCUT2D eigenvalue weighted by atomic mass is 32.2. The molecule has 2 aliphatic rings. The molecule has 0 amide bonds. The SMILES string of the molecule is CC(C)C(CNS(=O)(=O)c1ccc(OC2CCCC2)cc1)N1CCOCC1. The molecule has 1 aromatic rings. The van der Waals surface area contributed by atoms with E-state index in [-0.39, 0.29) is 17.0 Å². The monoisotopic (exact) mass is 396 g/mol. The summed E-state index contributed by atoms with van der Waals surface area (Å²) in [5.74, 6) is 1.10. The molecule has 6 nitrogen and oxygen atoms in total. The summed E-state index contributed by atoms with van der Waals surface area (Å²) in [7, 11) is -3.54. The molecule has 0 radical (unpaired) electrons. The van der Waals surface area contributed by atoms with Crippen LogP contribution in [-0.2, 0) is 14.8 Å². The largest absolute Gasteiger partial charge is 0.490 e. The standard InChI is InChI=1S/C20H32N2O4S/c1-16(2)20(22-11-13-25-14-12-22)15-21-27(23,24)19-9-7-18(8-10-19)26-17-5-3-4-6-17/h7-10,16-17,20-21H,3-6,11-15H2,1-2H3. The number of benzene rings is 1. The molecule has 27 heavy (non-hydrogen) atoms. The second-order valence-corrected chi connectivity index (χ2v) is 9.57. The zero-order valence-electron chi connectivity index (χ0n) is 16.4. The molecular formula is C20H32N2O4S. The fourth-order valence-electron chi connectivity index (χ4n) is 3.87. The van der Waals surface area contributed by atoms with Gasteiger partial charge in [0.05, 0.1) is 24.2 Å². The second kappa shape index (κ2) is 9.37. The van der Waals surface area contributed by atoms with E-state index in [1.807, 2.05) is 0 Å². The van der Waals surface area contributed by atoms with E-state index in [0.29, 0.717) is 25.7 Å². The predicted molar refractivity (Wildman–Crippen MR) is 106 cm³/mol. The van der Waals surface area contributed by atoms with Crippen LogP contribution in [0.3, 0.4) is 0 Å². The predicted octanol–water partition coefficient (Wildman–Crippen LogP) is 2.64. The van der Waals surface area contributed by atoms with Crippen molar-refractivity contribution in [1.29, 1.82) is 0 Å². The third kappa shape index (κ3) is 5.67. The van der Waals surface area contributed by atoms with Crippen molar-refractivity contribution in [2.45, 2.75) is 56.6 Å². The Morgan fingerprint density at radius 2 is 1.78 bits per heavy atom. The molecule has 152 valence electrons. The van der Waals surface area contributed by atoms with E-state index in [2.05, 4.69) is 23.5 Å². The van der Waals surface area contributed by atoms with Gasteiger partial charge in [-0.3, -0.25) is 4.90 Å². The maximum absolute atomic E-state index is 12.7. The van der Waals surface area contributed by atoms with Crippen molar-refractivity contribution in [3.63, 3.8) is 0 Å². The van der Waals surface area contributed by atoms with E-state index in [0.717, 1.165) is 31.7 Å². The van der Waals surface area contributed by atoms with Gasteiger partial charge in [0.2, 0.25) is 10.0 Å². The summed E-state index contributed by atoms with van der Waals surface area (Å²) in [4.78, 5) is 2.60. The van der Waals surface area contributed by atoms with E-state index in [1.165, 1.54) is 12.8 Å². The Morgan fingerprint density at radius 3 is 2.37 bits per heavy atom. The topological polar surface area (TPSA) is 67.9 Å². The normalized spacial score (nSPS) is 20.9. The van der Waals surface area contributed by atoms with Gasteiger partial charge in [0, 0.05) is 25.7 Å². The van der Waals surface area contributed by atoms with Gasteiger partial charge < -0.3 is 9.47 Å². The molecule has 1 saturated heterocycles. The Balaban J connectivity index is 1.59. The summed E-state index contributed by atoms with van der Waals surface area (Å²) in [6.07, 6.45) is 4.85. The molecule has 0 bridgehead atoms. The number of hydrogen-bond donors (Lipinski definition) is 1. The van der Waals surface area contributed by atoms with Gasteiger partial charge in [-0.1, -0.05) is 13.8 Å². The lowest BCUT2D eigenvalue weighted by Crippen LogP contribution is -2.51. The summed E-state index contributed by atoms with van der Waals surface area (Å²) >= 11 is 0. The van der Waals surface area contributed by atoms with Gasteiger partial charge >= 0.3 is 0 Å². The molecule has 1 N–H and O–H groups in total. The maximum atomic E-state index is 12.7. The van der Waals surface area contributed by atoms with Gasteiger partial charge in [-0.05, 0) is 55.9 Å². The molecule has 1 aliphatic carbocycles. The first kappa shape index (κ1) is 20.6. The summed E-state index contributed by atoms with van der Waals surface area (Å²) in [5.41, 5.74) is 0. The van der Waals surface area contributed by atoms with Crippen LogP contribution < -0.4 is 9.46 Å². The van der Waals surface area contributed by atoms with E-state index < -0.39 is 10.0 Å². The number of nitrogens with zero attached hydrogens (tertiary/aromatic N) is 1. The van der Waals surface area contributed by atoms with E-state index in [1.54, 1.807) is 24.3 Å². The zero-order chi connectivity index (χ0) is 19.3. The fraction of sp³-hybridized carbons (Fsp3) is 0.700. The lowest BCUT2D eigenvalue weighted by molar-refractivity contribution is 0.00776.